The summed E-state index contributed by atoms with van der Waals surface area (Å²) in [5.74, 6) is 4.50. The van der Waals surface area contributed by atoms with Gasteiger partial charge in [-0.05, 0) is 282 Å². The molecule has 0 bridgehead atoms. The Morgan fingerprint density at radius 2 is 0.635 bits per heavy atom. The van der Waals surface area contributed by atoms with E-state index in [0.29, 0.717) is 101 Å². The van der Waals surface area contributed by atoms with Gasteiger partial charge in [0.2, 0.25) is 11.8 Å². The van der Waals surface area contributed by atoms with Crippen LogP contribution in [0.2, 0.25) is 0 Å². The van der Waals surface area contributed by atoms with Crippen LogP contribution in [0.1, 0.15) is 280 Å². The fourth-order valence-electron chi connectivity index (χ4n) is 16.4. The smallest absolute Gasteiger partial charge is 0.407 e. The lowest BCUT2D eigenvalue weighted by Crippen LogP contribution is -2.46. The zero-order valence-electron chi connectivity index (χ0n) is 72.5. The minimum Gasteiger partial charge on any atom is -0.466 e. The van der Waals surface area contributed by atoms with Crippen LogP contribution in [0.5, 0.6) is 0 Å². The molecule has 32 nitrogen and oxygen atoms in total. The Kier molecular flexibility index (Phi) is 54.3. The van der Waals surface area contributed by atoms with E-state index < -0.39 is 24.1 Å². The van der Waals surface area contributed by atoms with E-state index in [0.717, 1.165) is 205 Å². The summed E-state index contributed by atoms with van der Waals surface area (Å²) >= 11 is 0. The first kappa shape index (κ1) is 103. The monoisotopic (exact) mass is 1630 g/mol. The van der Waals surface area contributed by atoms with Gasteiger partial charge in [-0.2, -0.15) is 0 Å². The van der Waals surface area contributed by atoms with Crippen molar-refractivity contribution < 1.29 is 76.5 Å². The van der Waals surface area contributed by atoms with Crippen LogP contribution in [-0.4, -0.2) is 222 Å². The molecule has 7 fully saturated rings. The number of hydrogen-bond acceptors (Lipinski definition) is 16. The van der Waals surface area contributed by atoms with Crippen molar-refractivity contribution in [2.75, 3.05) is 93.9 Å². The maximum Gasteiger partial charge on any atom is 0.407 e. The number of carbonyl (C=O) groups is 12. The van der Waals surface area contributed by atoms with Crippen molar-refractivity contribution in [3.63, 3.8) is 0 Å². The third kappa shape index (κ3) is 48.4. The first-order valence-corrected chi connectivity index (χ1v) is 43.7. The molecule has 7 aliphatic rings. The SMILES string of the molecule is CCCOC(=O)CC1CCC(NC(=O)OCCC)CC1.CCN(CC)C(=O)CC1CCC(NC(=O)N(CC)CC)CC1.CCOC(=O)CC1CCC(NC(=O)OCC)CC1.CN(C)C(=O)CC1CCC(NC(=O)N(C)C)CC1.NC(=O)NC1CCC(CC2CCC(NC(N)=O)CC2)CC1.NC(=O)NCC1CCCC(CNC(N)=O)C1. The Morgan fingerprint density at radius 3 is 0.974 bits per heavy atom. The number of esters is 2. The van der Waals surface area contributed by atoms with Gasteiger partial charge in [-0.15, -0.1) is 0 Å². The van der Waals surface area contributed by atoms with E-state index in [9.17, 15) is 57.5 Å². The second-order valence-corrected chi connectivity index (χ2v) is 32.8. The molecular weight excluding hydrogens is 1480 g/mol. The highest BCUT2D eigenvalue weighted by molar-refractivity contribution is 5.78. The molecule has 0 aromatic rings. The molecule has 664 valence electrons. The number of primary amides is 4. The number of amides is 16. The number of nitrogens with zero attached hydrogens (tertiary/aromatic N) is 4. The van der Waals surface area contributed by atoms with Crippen LogP contribution >= 0.6 is 0 Å². The molecule has 7 rings (SSSR count). The zero-order chi connectivity index (χ0) is 85.6. The summed E-state index contributed by atoms with van der Waals surface area (Å²) < 4.78 is 19.9. The number of nitrogens with one attached hydrogen (secondary N) is 8. The number of ether oxygens (including phenoxy) is 4. The summed E-state index contributed by atoms with van der Waals surface area (Å²) in [6, 6.07) is -0.283. The lowest BCUT2D eigenvalue weighted by molar-refractivity contribution is -0.145. The van der Waals surface area contributed by atoms with Crippen molar-refractivity contribution in [1.29, 1.82) is 0 Å². The maximum atomic E-state index is 12.1. The molecule has 0 aromatic heterocycles. The fourth-order valence-corrected chi connectivity index (χ4v) is 16.4. The van der Waals surface area contributed by atoms with Gasteiger partial charge in [-0.25, -0.2) is 38.4 Å². The first-order valence-electron chi connectivity index (χ1n) is 43.7. The molecule has 0 spiro atoms. The highest BCUT2D eigenvalue weighted by Gasteiger charge is 2.32. The van der Waals surface area contributed by atoms with Gasteiger partial charge in [0.05, 0.1) is 26.4 Å². The number of hydrogen-bond donors (Lipinski definition) is 12. The van der Waals surface area contributed by atoms with Crippen molar-refractivity contribution in [3.05, 3.63) is 0 Å². The molecular formula is C83H156N16O16. The summed E-state index contributed by atoms with van der Waals surface area (Å²) in [5.41, 5.74) is 20.4. The third-order valence-electron chi connectivity index (χ3n) is 23.2. The van der Waals surface area contributed by atoms with E-state index in [4.69, 9.17) is 41.9 Å². The van der Waals surface area contributed by atoms with E-state index in [2.05, 4.69) is 42.5 Å². The Balaban J connectivity index is 0.000000469. The summed E-state index contributed by atoms with van der Waals surface area (Å²) in [7, 11) is 7.09. The summed E-state index contributed by atoms with van der Waals surface area (Å²) in [5, 5.41) is 22.8. The van der Waals surface area contributed by atoms with Gasteiger partial charge in [0.25, 0.3) is 0 Å². The quantitative estimate of drug-likeness (QED) is 0.0235. The summed E-state index contributed by atoms with van der Waals surface area (Å²) in [6.07, 6.45) is 33.4. The number of rotatable bonds is 30. The van der Waals surface area contributed by atoms with E-state index in [1.54, 1.807) is 44.9 Å². The molecule has 32 heteroatoms. The zero-order valence-corrected chi connectivity index (χ0v) is 72.5. The molecule has 0 radical (unpaired) electrons. The van der Waals surface area contributed by atoms with Crippen LogP contribution in [0.25, 0.3) is 0 Å². The average Bonchev–Trinajstić information content (AvgIpc) is 0.906. The third-order valence-corrected chi connectivity index (χ3v) is 23.2. The predicted molar refractivity (Wildman–Crippen MR) is 447 cm³/mol. The second-order valence-electron chi connectivity index (χ2n) is 32.8. The molecule has 2 unspecified atom stereocenters. The normalized spacial score (nSPS) is 24.7. The van der Waals surface area contributed by atoms with Crippen molar-refractivity contribution in [1.82, 2.24) is 62.1 Å². The van der Waals surface area contributed by atoms with E-state index >= 15 is 0 Å². The summed E-state index contributed by atoms with van der Waals surface area (Å²) in [6.45, 7) is 21.8. The van der Waals surface area contributed by atoms with Crippen LogP contribution in [0, 0.1) is 47.3 Å². The van der Waals surface area contributed by atoms with Gasteiger partial charge in [0.1, 0.15) is 0 Å². The minimum atomic E-state index is -0.475. The minimum absolute atomic E-state index is 0.0252. The predicted octanol–water partition coefficient (Wildman–Crippen LogP) is 11.4. The Hall–Kier alpha value is -7.96. The molecule has 16 amide bonds. The lowest BCUT2D eigenvalue weighted by atomic mass is 9.76. The van der Waals surface area contributed by atoms with E-state index in [1.807, 2.05) is 58.3 Å². The van der Waals surface area contributed by atoms with Crippen LogP contribution in [0.3, 0.4) is 0 Å². The molecule has 0 aliphatic heterocycles. The number of alkyl carbamates (subject to hydrolysis) is 2. The number of urea groups is 6. The molecule has 16 N–H and O–H groups in total. The Morgan fingerprint density at radius 1 is 0.313 bits per heavy atom. The highest BCUT2D eigenvalue weighted by atomic mass is 16.6. The van der Waals surface area contributed by atoms with Crippen molar-refractivity contribution in [2.24, 2.45) is 70.3 Å². The van der Waals surface area contributed by atoms with Crippen molar-refractivity contribution in [3.8, 4) is 0 Å². The first-order chi connectivity index (χ1) is 54.8. The maximum absolute atomic E-state index is 12.1. The Labute approximate surface area is 688 Å². The van der Waals surface area contributed by atoms with Gasteiger partial charge < -0.3 is 104 Å². The van der Waals surface area contributed by atoms with Gasteiger partial charge in [-0.1, -0.05) is 20.3 Å². The molecule has 0 aromatic carbocycles. The van der Waals surface area contributed by atoms with E-state index in [-0.39, 0.29) is 84.3 Å². The van der Waals surface area contributed by atoms with Gasteiger partial charge >= 0.3 is 60.3 Å². The van der Waals surface area contributed by atoms with Crippen LogP contribution in [-0.2, 0) is 38.1 Å². The number of carbonyl (C=O) groups excluding carboxylic acids is 12. The van der Waals surface area contributed by atoms with Gasteiger partial charge in [-0.3, -0.25) is 19.2 Å². The average molecular weight is 1630 g/mol. The second kappa shape index (κ2) is 60.5. The Bertz CT molecular complexity index is 2590. The molecule has 0 heterocycles. The van der Waals surface area contributed by atoms with Crippen molar-refractivity contribution >= 4 is 72.1 Å². The molecule has 7 aliphatic carbocycles. The molecule has 115 heavy (non-hydrogen) atoms. The standard InChI is InChI=1S/C17H33N3O2.C15H28N4O2.C15H27NO4.C13H25N3O2.C13H23NO4.C10H20N4O2/c1-5-19(6-2)16(21)13-14-9-11-15(12-10-14)18-17(22)20(7-3)8-4;16-14(20)18-12-5-1-10(2-6-12)9-11-3-7-13(8-4-11)19-15(17)21;1-3-9-19-14(17)11-12-5-7-13(8-6-12)16-15(18)20-10-4-2;1-15(2)12(17)9-10-5-7-11(8-6-10)14-13(18)16(3)4;1-3-17-12(15)9-10-5-7-11(8-6-10)14-13(16)18-4-2;11-9(15)13-5-7-2-1-3-8(4-7)6-14-10(12)16/h14-15H,5-13H2,1-4H3,(H,18,22);10-13H,1-9H2,(H3,16,18,20)(H3,17,19,21);12-13H,3-11H2,1-2H3,(H,16,18);10-11H,5-9H2,1-4H3,(H,14,18);10-11H,3-9H2,1-2H3,(H,14,16);7-8H,1-6H2,(H3,11,13,15)(H3,12,14,16). The van der Waals surface area contributed by atoms with Crippen LogP contribution in [0.4, 0.5) is 38.4 Å². The topological polar surface area (TPSA) is 455 Å². The largest absolute Gasteiger partial charge is 0.466 e. The highest BCUT2D eigenvalue weighted by Crippen LogP contribution is 2.37. The molecule has 0 saturated heterocycles. The molecule has 2 atom stereocenters. The van der Waals surface area contributed by atoms with Crippen LogP contribution < -0.4 is 65.5 Å². The number of nitrogens with two attached hydrogens (primary N) is 4. The summed E-state index contributed by atoms with van der Waals surface area (Å²) in [4.78, 5) is 143. The van der Waals surface area contributed by atoms with Gasteiger partial charge in [0, 0.05) is 129 Å². The van der Waals surface area contributed by atoms with Crippen molar-refractivity contribution in [2.45, 2.75) is 316 Å². The van der Waals surface area contributed by atoms with Crippen LogP contribution in [0.15, 0.2) is 0 Å². The van der Waals surface area contributed by atoms with E-state index in [1.165, 1.54) is 32.1 Å². The van der Waals surface area contributed by atoms with Gasteiger partial charge in [0.15, 0.2) is 0 Å². The lowest BCUT2D eigenvalue weighted by Gasteiger charge is -2.34. The molecule has 7 saturated carbocycles. The fraction of sp³-hybridized carbons (Fsp3) is 0.855.